The third kappa shape index (κ3) is 31.8. The molecule has 0 aromatic heterocycles. The van der Waals surface area contributed by atoms with Crippen molar-refractivity contribution in [1.82, 2.24) is 20.9 Å². The van der Waals surface area contributed by atoms with Crippen LogP contribution >= 0.6 is 0 Å². The maximum atomic E-state index is 11.5. The van der Waals surface area contributed by atoms with Crippen molar-refractivity contribution in [2.75, 3.05) is 55.7 Å². The standard InChI is InChI=1S/C12H15NO4.C9H15N3O6.C8H14N2O5.C8H13NO6S/c14-11(15)6-8-13(9-7-12(16)17)10-4-2-1-3-5-10;10-3-6(13)12-5(1-2-7(14)15)9(18)11-4-8(16)17;1-4(8(14)15)10-7(13)5(9)2-3-6(11)12;10-7(11)3-9(4-8(12)13)6-1-2-16(14,15)5-6/h1-5H,6-9H2,(H,14,15)(H,16,17);5H,1-4,10H2,(H,11,18)(H,12,13)(H,14,15)(H,16,17);4-5H,2-3,9H2,1H3,(H,10,13)(H,11,12)(H,14,15);6H,1-5H2,(H,10,11)(H,12,13). The summed E-state index contributed by atoms with van der Waals surface area (Å²) in [4.78, 5) is 120. The molecule has 4 atom stereocenters. The molecule has 1 saturated heterocycles. The maximum absolute atomic E-state index is 11.5. The molecule has 0 bridgehead atoms. The van der Waals surface area contributed by atoms with Gasteiger partial charge in [-0.05, 0) is 38.3 Å². The number of carboxylic acids is 8. The Labute approximate surface area is 376 Å². The average Bonchev–Trinajstić information content (AvgIpc) is 3.59. The molecule has 1 heterocycles. The van der Waals surface area contributed by atoms with Gasteiger partial charge >= 0.3 is 47.8 Å². The number of hydrogen-bond donors (Lipinski definition) is 13. The molecule has 29 heteroatoms. The minimum Gasteiger partial charge on any atom is -0.481 e. The van der Waals surface area contributed by atoms with Crippen LogP contribution in [0.1, 0.15) is 51.9 Å². The van der Waals surface area contributed by atoms with Crippen LogP contribution in [0.4, 0.5) is 5.69 Å². The third-order valence-electron chi connectivity index (χ3n) is 8.35. The number of anilines is 1. The van der Waals surface area contributed by atoms with Crippen LogP contribution < -0.4 is 32.3 Å². The van der Waals surface area contributed by atoms with Crippen LogP contribution in [-0.4, -0.2) is 195 Å². The van der Waals surface area contributed by atoms with E-state index in [4.69, 9.17) is 52.3 Å². The first-order valence-corrected chi connectivity index (χ1v) is 21.3. The monoisotopic (exact) mass is 967 g/mol. The molecule has 0 spiro atoms. The third-order valence-corrected chi connectivity index (χ3v) is 10.1. The van der Waals surface area contributed by atoms with E-state index in [1.807, 2.05) is 35.6 Å². The molecule has 372 valence electrons. The van der Waals surface area contributed by atoms with E-state index in [1.165, 1.54) is 11.8 Å². The summed E-state index contributed by atoms with van der Waals surface area (Å²) in [6, 6.07) is 5.56. The number of sulfone groups is 1. The zero-order chi connectivity index (χ0) is 51.2. The zero-order valence-corrected chi connectivity index (χ0v) is 36.5. The van der Waals surface area contributed by atoms with Crippen LogP contribution in [0.25, 0.3) is 0 Å². The van der Waals surface area contributed by atoms with E-state index in [-0.39, 0.29) is 56.6 Å². The molecule has 4 unspecified atom stereocenters. The lowest BCUT2D eigenvalue weighted by Gasteiger charge is -2.23. The number of benzene rings is 1. The van der Waals surface area contributed by atoms with Crippen molar-refractivity contribution >= 4 is 81.0 Å². The normalized spacial score (nSPS) is 14.5. The molecule has 1 fully saturated rings. The predicted molar refractivity (Wildman–Crippen MR) is 226 cm³/mol. The first-order valence-electron chi connectivity index (χ1n) is 19.4. The van der Waals surface area contributed by atoms with Gasteiger partial charge in [-0.2, -0.15) is 0 Å². The Bertz CT molecular complexity index is 1890. The fraction of sp³-hybridized carbons (Fsp3) is 0.541. The van der Waals surface area contributed by atoms with Crippen molar-refractivity contribution in [3.05, 3.63) is 30.3 Å². The highest BCUT2D eigenvalue weighted by atomic mass is 32.2. The summed E-state index contributed by atoms with van der Waals surface area (Å²) in [5.74, 6) is -10.9. The molecule has 3 amide bonds. The molecule has 1 aliphatic rings. The SMILES string of the molecule is CC(NC(=O)C(N)CCC(=O)O)C(=O)O.NCC(=O)NC(CCC(=O)O)C(=O)NCC(=O)O.O=C(O)CCN(CCC(=O)O)c1ccccc1.O=C(O)CN(CC(=O)O)C1CCS(=O)(=O)C1. The quantitative estimate of drug-likeness (QED) is 0.0426. The Balaban J connectivity index is 0. The lowest BCUT2D eigenvalue weighted by Crippen LogP contribution is -2.49. The molecule has 0 aliphatic carbocycles. The van der Waals surface area contributed by atoms with E-state index in [0.29, 0.717) is 19.5 Å². The fourth-order valence-corrected chi connectivity index (χ4v) is 6.82. The summed E-state index contributed by atoms with van der Waals surface area (Å²) in [6.45, 7) is 0.0546. The number of carboxylic acid groups (broad SMARTS) is 8. The van der Waals surface area contributed by atoms with Crippen LogP contribution in [-0.2, 0) is 62.6 Å². The number of rotatable bonds is 26. The number of hydrogen-bond acceptors (Lipinski definition) is 17. The number of nitrogens with two attached hydrogens (primary N) is 2. The van der Waals surface area contributed by atoms with Gasteiger partial charge in [-0.25, -0.2) is 8.42 Å². The van der Waals surface area contributed by atoms with Gasteiger partial charge in [-0.1, -0.05) is 18.2 Å². The fourth-order valence-electron chi connectivity index (χ4n) is 5.06. The molecule has 15 N–H and O–H groups in total. The van der Waals surface area contributed by atoms with Crippen molar-refractivity contribution in [3.8, 4) is 0 Å². The molecule has 1 aliphatic heterocycles. The minimum absolute atomic E-state index is 0.00544. The van der Waals surface area contributed by atoms with E-state index in [0.717, 1.165) is 5.69 Å². The molecule has 0 saturated carbocycles. The number of nitrogens with zero attached hydrogens (tertiary/aromatic N) is 2. The Morgan fingerprint density at radius 3 is 1.56 bits per heavy atom. The summed E-state index contributed by atoms with van der Waals surface area (Å²) in [5.41, 5.74) is 11.2. The van der Waals surface area contributed by atoms with Gasteiger partial charge in [0.25, 0.3) is 0 Å². The van der Waals surface area contributed by atoms with Gasteiger partial charge in [0.05, 0.1) is 50.0 Å². The van der Waals surface area contributed by atoms with Crippen LogP contribution in [0, 0.1) is 0 Å². The first kappa shape index (κ1) is 61.1. The molecule has 2 rings (SSSR count). The number of aliphatic carboxylic acids is 8. The second-order valence-electron chi connectivity index (χ2n) is 13.8. The van der Waals surface area contributed by atoms with Crippen LogP contribution in [0.15, 0.2) is 30.3 Å². The van der Waals surface area contributed by atoms with Crippen LogP contribution in [0.3, 0.4) is 0 Å². The molecule has 66 heavy (non-hydrogen) atoms. The number of nitrogens with one attached hydrogen (secondary N) is 3. The van der Waals surface area contributed by atoms with E-state index in [2.05, 4.69) is 10.6 Å². The van der Waals surface area contributed by atoms with Crippen molar-refractivity contribution < 1.29 is 102 Å². The van der Waals surface area contributed by atoms with Crippen LogP contribution in [0.5, 0.6) is 0 Å². The second-order valence-corrected chi connectivity index (χ2v) is 16.1. The van der Waals surface area contributed by atoms with Crippen LogP contribution in [0.2, 0.25) is 0 Å². The lowest BCUT2D eigenvalue weighted by atomic mass is 10.1. The molecule has 28 nitrogen and oxygen atoms in total. The first-order chi connectivity index (χ1) is 30.6. The Hall–Kier alpha value is -6.98. The summed E-state index contributed by atoms with van der Waals surface area (Å²) in [7, 11) is -3.14. The van der Waals surface area contributed by atoms with E-state index < -0.39 is 119 Å². The average molecular weight is 968 g/mol. The van der Waals surface area contributed by atoms with Gasteiger partial charge in [-0.15, -0.1) is 0 Å². The van der Waals surface area contributed by atoms with Crippen molar-refractivity contribution in [1.29, 1.82) is 0 Å². The van der Waals surface area contributed by atoms with Gasteiger partial charge in [0.15, 0.2) is 9.84 Å². The Morgan fingerprint density at radius 1 is 0.682 bits per heavy atom. The van der Waals surface area contributed by atoms with E-state index >= 15 is 0 Å². The number of carbonyl (C=O) groups excluding carboxylic acids is 3. The zero-order valence-electron chi connectivity index (χ0n) is 35.6. The minimum atomic E-state index is -3.14. The van der Waals surface area contributed by atoms with E-state index in [1.54, 1.807) is 4.90 Å². The largest absolute Gasteiger partial charge is 0.481 e. The summed E-state index contributed by atoms with van der Waals surface area (Å²) in [5, 5.41) is 74.6. The van der Waals surface area contributed by atoms with Gasteiger partial charge in [0.1, 0.15) is 18.6 Å². The number of para-hydroxylation sites is 1. The van der Waals surface area contributed by atoms with E-state index in [9.17, 15) is 61.2 Å². The highest BCUT2D eigenvalue weighted by molar-refractivity contribution is 7.91. The second kappa shape index (κ2) is 32.6. The molecule has 1 aromatic carbocycles. The summed E-state index contributed by atoms with van der Waals surface area (Å²) >= 11 is 0. The highest BCUT2D eigenvalue weighted by Gasteiger charge is 2.34. The lowest BCUT2D eigenvalue weighted by molar-refractivity contribution is -0.143. The highest BCUT2D eigenvalue weighted by Crippen LogP contribution is 2.17. The van der Waals surface area contributed by atoms with Gasteiger partial charge < -0.3 is 73.2 Å². The molecular weight excluding hydrogens is 911 g/mol. The smallest absolute Gasteiger partial charge is 0.325 e. The topological polar surface area (TPSA) is 478 Å². The molecule has 0 radical (unpaired) electrons. The maximum Gasteiger partial charge on any atom is 0.325 e. The van der Waals surface area contributed by atoms with Crippen molar-refractivity contribution in [2.24, 2.45) is 11.5 Å². The molecule has 1 aromatic rings. The Kier molecular flexibility index (Phi) is 30.2. The number of amides is 3. The van der Waals surface area contributed by atoms with Crippen molar-refractivity contribution in [3.63, 3.8) is 0 Å². The summed E-state index contributed by atoms with van der Waals surface area (Å²) < 4.78 is 22.4. The molecular formula is C37H57N7O21S. The summed E-state index contributed by atoms with van der Waals surface area (Å²) in [6.07, 6.45) is -0.446. The van der Waals surface area contributed by atoms with Gasteiger partial charge in [0.2, 0.25) is 17.7 Å². The van der Waals surface area contributed by atoms with Crippen molar-refractivity contribution in [2.45, 2.75) is 76.0 Å². The Morgan fingerprint density at radius 2 is 1.17 bits per heavy atom. The van der Waals surface area contributed by atoms with Gasteiger partial charge in [0, 0.05) is 37.7 Å². The predicted octanol–water partition coefficient (Wildman–Crippen LogP) is -3.65. The van der Waals surface area contributed by atoms with Gasteiger partial charge in [-0.3, -0.25) is 57.6 Å². The number of carbonyl (C=O) groups is 11.